The Bertz CT molecular complexity index is 2090. The first-order chi connectivity index (χ1) is 24.6. The largest absolute Gasteiger partial charge is 2.00 e. The number of carbonyl (C=O) groups excluding carboxylic acids is 4. The third kappa shape index (κ3) is 8.94. The van der Waals surface area contributed by atoms with Crippen LogP contribution in [0.15, 0.2) is 72.8 Å². The van der Waals surface area contributed by atoms with Gasteiger partial charge in [0.15, 0.2) is 46.0 Å². The third-order valence-corrected chi connectivity index (χ3v) is 8.01. The molecule has 1 heterocycles. The molecule has 270 valence electrons. The van der Waals surface area contributed by atoms with Crippen LogP contribution in [0.1, 0.15) is 39.8 Å². The predicted octanol–water partition coefficient (Wildman–Crippen LogP) is 0.284. The minimum absolute atomic E-state index is 0. The molecule has 0 spiro atoms. The Morgan fingerprint density at radius 3 is 1.66 bits per heavy atom. The second kappa shape index (κ2) is 16.3. The summed E-state index contributed by atoms with van der Waals surface area (Å²) in [7, 11) is 0. The van der Waals surface area contributed by atoms with Crippen molar-refractivity contribution in [1.82, 2.24) is 0 Å². The van der Waals surface area contributed by atoms with Gasteiger partial charge in [-0.3, -0.25) is 4.79 Å². The van der Waals surface area contributed by atoms with Crippen molar-refractivity contribution in [2.24, 2.45) is 0 Å². The Morgan fingerprint density at radius 2 is 1.15 bits per heavy atom. The van der Waals surface area contributed by atoms with Crippen LogP contribution in [-0.4, -0.2) is 94.9 Å². The van der Waals surface area contributed by atoms with Crippen LogP contribution >= 0.6 is 0 Å². The van der Waals surface area contributed by atoms with Gasteiger partial charge in [0.1, 0.15) is 24.2 Å². The molecule has 0 unspecified atom stereocenters. The van der Waals surface area contributed by atoms with Gasteiger partial charge in [-0.25, -0.2) is 4.79 Å². The second-order valence-corrected chi connectivity index (χ2v) is 11.6. The normalized spacial score (nSPS) is 15.7. The maximum Gasteiger partial charge on any atom is 2.00 e. The fraction of sp³-hybridized carbons (Fsp3) is 0.167. The SMILES string of the molecule is O=C(/C=C\c1ccc(O)c2c1[C@H](C(=O)O[C@H](Cc1ccc(O)c(O)c1)C(=O)[O-])[C@@H](c1ccc(O)c(O)c1)O2)O[C@H](Cc1ccc(O)c(O)c1)C(=O)[O-].[Mg+2]. The molecule has 7 N–H and O–H groups in total. The summed E-state index contributed by atoms with van der Waals surface area (Å²) >= 11 is 0. The zero-order valence-corrected chi connectivity index (χ0v) is 28.7. The van der Waals surface area contributed by atoms with Gasteiger partial charge in [0.25, 0.3) is 0 Å². The van der Waals surface area contributed by atoms with Crippen molar-refractivity contribution in [3.8, 4) is 46.0 Å². The van der Waals surface area contributed by atoms with Gasteiger partial charge in [-0.1, -0.05) is 24.3 Å². The van der Waals surface area contributed by atoms with E-state index in [-0.39, 0.29) is 56.6 Å². The molecule has 4 aromatic carbocycles. The van der Waals surface area contributed by atoms with E-state index in [1.807, 2.05) is 0 Å². The van der Waals surface area contributed by atoms with Crippen LogP contribution in [0.4, 0.5) is 0 Å². The fourth-order valence-corrected chi connectivity index (χ4v) is 5.48. The number of benzene rings is 4. The van der Waals surface area contributed by atoms with Gasteiger partial charge in [0, 0.05) is 24.5 Å². The van der Waals surface area contributed by atoms with E-state index in [0.717, 1.165) is 54.6 Å². The molecule has 0 fully saturated rings. The molecule has 0 saturated carbocycles. The molecular formula is C36H28MgO16. The van der Waals surface area contributed by atoms with E-state index in [2.05, 4.69) is 0 Å². The molecule has 0 radical (unpaired) electrons. The number of carboxylic acids is 2. The number of fused-ring (bicyclic) bond motifs is 1. The summed E-state index contributed by atoms with van der Waals surface area (Å²) in [5.41, 5.74) is 0.269. The summed E-state index contributed by atoms with van der Waals surface area (Å²) in [6, 6.07) is 12.7. The summed E-state index contributed by atoms with van der Waals surface area (Å²) in [5.74, 6) is -11.6. The van der Waals surface area contributed by atoms with Gasteiger partial charge in [-0.2, -0.15) is 0 Å². The molecule has 17 heteroatoms. The van der Waals surface area contributed by atoms with Gasteiger partial charge in [0.05, 0.1) is 11.9 Å². The van der Waals surface area contributed by atoms with Gasteiger partial charge < -0.3 is 69.8 Å². The number of esters is 2. The van der Waals surface area contributed by atoms with Gasteiger partial charge >= 0.3 is 35.0 Å². The average Bonchev–Trinajstić information content (AvgIpc) is 3.50. The van der Waals surface area contributed by atoms with Crippen molar-refractivity contribution in [3.05, 3.63) is 101 Å². The third-order valence-electron chi connectivity index (χ3n) is 8.01. The van der Waals surface area contributed by atoms with Crippen molar-refractivity contribution in [2.75, 3.05) is 0 Å². The molecule has 1 aliphatic heterocycles. The standard InChI is InChI=1S/C36H30O16.Mg/c37-20-6-1-16(11-24(20)41)13-27(34(45)46)50-29(44)10-5-18-3-9-23(40)33-30(18)31(32(52-33)19-4-8-22(39)26(43)15-19)36(49)51-28(35(47)48)14-17-2-7-21(38)25(42)12-17;/h1-12,15,27-28,31-32,37-43H,13-14H2,(H,45,46)(H,47,48);/q;+2/p-2/b10-5-;/t27-,28-,31+,32-;/m1./s1. The van der Waals surface area contributed by atoms with Crippen LogP contribution in [0.5, 0.6) is 46.0 Å². The van der Waals surface area contributed by atoms with E-state index in [9.17, 15) is 65.1 Å². The molecule has 0 aliphatic carbocycles. The first-order valence-corrected chi connectivity index (χ1v) is 15.2. The van der Waals surface area contributed by atoms with E-state index in [1.165, 1.54) is 24.3 Å². The van der Waals surface area contributed by atoms with Gasteiger partial charge in [0.2, 0.25) is 0 Å². The number of rotatable bonds is 12. The number of aromatic hydroxyl groups is 7. The van der Waals surface area contributed by atoms with E-state index < -0.39 is 101 Å². The van der Waals surface area contributed by atoms with Crippen LogP contribution in [0, 0.1) is 0 Å². The minimum atomic E-state index is -1.96. The average molecular weight is 741 g/mol. The smallest absolute Gasteiger partial charge is 0.546 e. The first kappa shape index (κ1) is 39.5. The van der Waals surface area contributed by atoms with E-state index in [0.29, 0.717) is 0 Å². The quantitative estimate of drug-likeness (QED) is 0.0444. The molecule has 1 aliphatic rings. The Hall–Kier alpha value is -6.33. The van der Waals surface area contributed by atoms with Crippen molar-refractivity contribution in [1.29, 1.82) is 0 Å². The van der Waals surface area contributed by atoms with Crippen LogP contribution in [0.2, 0.25) is 0 Å². The summed E-state index contributed by atoms with van der Waals surface area (Å²) in [5, 5.41) is 93.3. The molecule has 0 aromatic heterocycles. The monoisotopic (exact) mass is 740 g/mol. The molecule has 4 atom stereocenters. The maximum absolute atomic E-state index is 13.9. The molecule has 0 bridgehead atoms. The van der Waals surface area contributed by atoms with E-state index >= 15 is 0 Å². The number of hydrogen-bond donors (Lipinski definition) is 7. The zero-order valence-electron chi connectivity index (χ0n) is 27.2. The van der Waals surface area contributed by atoms with Gasteiger partial charge in [-0.15, -0.1) is 0 Å². The number of phenolic OH excluding ortho intramolecular Hbond substituents is 7. The van der Waals surface area contributed by atoms with Crippen LogP contribution in [0.3, 0.4) is 0 Å². The van der Waals surface area contributed by atoms with E-state index in [4.69, 9.17) is 14.2 Å². The number of phenols is 7. The Labute approximate surface area is 315 Å². The predicted molar refractivity (Wildman–Crippen MR) is 176 cm³/mol. The number of ether oxygens (including phenoxy) is 3. The summed E-state index contributed by atoms with van der Waals surface area (Å²) < 4.78 is 16.3. The van der Waals surface area contributed by atoms with Crippen molar-refractivity contribution >= 4 is 53.0 Å². The van der Waals surface area contributed by atoms with Crippen LogP contribution < -0.4 is 14.9 Å². The van der Waals surface area contributed by atoms with Crippen LogP contribution in [0.25, 0.3) is 6.08 Å². The van der Waals surface area contributed by atoms with Gasteiger partial charge in [-0.05, 0) is 70.8 Å². The number of carboxylic acid groups (broad SMARTS) is 2. The van der Waals surface area contributed by atoms with Crippen molar-refractivity contribution < 1.29 is 79.3 Å². The Morgan fingerprint density at radius 1 is 0.660 bits per heavy atom. The number of carbonyl (C=O) groups is 4. The van der Waals surface area contributed by atoms with Crippen molar-refractivity contribution in [2.45, 2.75) is 37.1 Å². The van der Waals surface area contributed by atoms with Crippen molar-refractivity contribution in [3.63, 3.8) is 0 Å². The molecule has 5 rings (SSSR count). The Balaban J connectivity index is 0.00000627. The molecule has 53 heavy (non-hydrogen) atoms. The Kier molecular flexibility index (Phi) is 12.2. The molecule has 0 saturated heterocycles. The summed E-state index contributed by atoms with van der Waals surface area (Å²) in [6.45, 7) is 0. The first-order valence-electron chi connectivity index (χ1n) is 15.2. The number of aliphatic carboxylic acids is 2. The molecule has 16 nitrogen and oxygen atoms in total. The maximum atomic E-state index is 13.9. The molecule has 0 amide bonds. The minimum Gasteiger partial charge on any atom is -0.546 e. The number of hydrogen-bond acceptors (Lipinski definition) is 16. The fourth-order valence-electron chi connectivity index (χ4n) is 5.48. The summed E-state index contributed by atoms with van der Waals surface area (Å²) in [6.07, 6.45) is -4.31. The van der Waals surface area contributed by atoms with E-state index in [1.54, 1.807) is 0 Å². The second-order valence-electron chi connectivity index (χ2n) is 11.6. The molecular weight excluding hydrogens is 713 g/mol. The topological polar surface area (TPSA) is 284 Å². The zero-order chi connectivity index (χ0) is 37.9. The molecule has 4 aromatic rings. The van der Waals surface area contributed by atoms with Crippen LogP contribution in [-0.2, 0) is 41.5 Å². The summed E-state index contributed by atoms with van der Waals surface area (Å²) in [4.78, 5) is 50.6.